The molecule has 0 bridgehead atoms. The highest BCUT2D eigenvalue weighted by molar-refractivity contribution is 5.79. The molecule has 4 heteroatoms. The maximum atomic E-state index is 12.2. The lowest BCUT2D eigenvalue weighted by Crippen LogP contribution is -2.39. The van der Waals surface area contributed by atoms with Crippen molar-refractivity contribution in [1.29, 1.82) is 0 Å². The van der Waals surface area contributed by atoms with Gasteiger partial charge in [-0.1, -0.05) is 51.9 Å². The summed E-state index contributed by atoms with van der Waals surface area (Å²) in [5.74, 6) is 0.436. The molecule has 0 spiro atoms. The van der Waals surface area contributed by atoms with Gasteiger partial charge in [-0.05, 0) is 31.6 Å². The summed E-state index contributed by atoms with van der Waals surface area (Å²) in [6, 6.07) is 0.731. The third-order valence-corrected chi connectivity index (χ3v) is 5.47. The van der Waals surface area contributed by atoms with Gasteiger partial charge in [0.1, 0.15) is 0 Å². The van der Waals surface area contributed by atoms with Gasteiger partial charge in [0.25, 0.3) is 0 Å². The Morgan fingerprint density at radius 2 is 1.17 bits per heavy atom. The highest BCUT2D eigenvalue weighted by Crippen LogP contribution is 2.20. The average Bonchev–Trinajstić information content (AvgIpc) is 2.56. The fourth-order valence-corrected chi connectivity index (χ4v) is 3.95. The van der Waals surface area contributed by atoms with Crippen molar-refractivity contribution >= 4 is 11.8 Å². The van der Waals surface area contributed by atoms with Crippen molar-refractivity contribution in [2.24, 2.45) is 5.92 Å². The number of rotatable bonds is 7. The van der Waals surface area contributed by atoms with Crippen LogP contribution in [-0.2, 0) is 9.59 Å². The molecule has 0 aromatic rings. The van der Waals surface area contributed by atoms with E-state index < -0.39 is 0 Å². The van der Waals surface area contributed by atoms with Crippen LogP contribution in [0.3, 0.4) is 0 Å². The van der Waals surface area contributed by atoms with Crippen LogP contribution in [0.4, 0.5) is 0 Å². The van der Waals surface area contributed by atoms with Gasteiger partial charge in [0.2, 0.25) is 11.8 Å². The Labute approximate surface area is 141 Å². The second-order valence-electron chi connectivity index (χ2n) is 7.49. The van der Waals surface area contributed by atoms with Crippen LogP contribution in [0.15, 0.2) is 0 Å². The Kier molecular flexibility index (Phi) is 7.90. The van der Waals surface area contributed by atoms with E-state index in [9.17, 15) is 9.59 Å². The van der Waals surface area contributed by atoms with E-state index in [1.165, 1.54) is 38.5 Å². The number of carbonyl (C=O) groups is 2. The van der Waals surface area contributed by atoms with Gasteiger partial charge in [0, 0.05) is 24.9 Å². The van der Waals surface area contributed by atoms with Gasteiger partial charge in [0.15, 0.2) is 0 Å². The van der Waals surface area contributed by atoms with Gasteiger partial charge in [-0.2, -0.15) is 0 Å². The molecule has 132 valence electrons. The quantitative estimate of drug-likeness (QED) is 0.751. The van der Waals surface area contributed by atoms with Crippen LogP contribution in [0.5, 0.6) is 0 Å². The highest BCUT2D eigenvalue weighted by atomic mass is 16.2. The molecule has 0 aromatic carbocycles. The lowest BCUT2D eigenvalue weighted by atomic mass is 9.93. The summed E-state index contributed by atoms with van der Waals surface area (Å²) in [6.07, 6.45) is 13.8. The van der Waals surface area contributed by atoms with Crippen molar-refractivity contribution in [3.63, 3.8) is 0 Å². The van der Waals surface area contributed by atoms with Gasteiger partial charge in [-0.3, -0.25) is 9.59 Å². The Hall–Kier alpha value is -1.06. The summed E-state index contributed by atoms with van der Waals surface area (Å²) in [6.45, 7) is 2.08. The summed E-state index contributed by atoms with van der Waals surface area (Å²) in [7, 11) is 0. The maximum absolute atomic E-state index is 12.2. The fourth-order valence-electron chi connectivity index (χ4n) is 3.95. The standard InChI is InChI=1S/C19H34N2O2/c1-2-15(13-18(22)20-16-9-5-3-6-10-16)14-19(23)21-17-11-7-4-8-12-17/h15-17H,2-14H2,1H3,(H,20,22)(H,21,23). The molecule has 23 heavy (non-hydrogen) atoms. The number of carbonyl (C=O) groups excluding carboxylic acids is 2. The van der Waals surface area contributed by atoms with Crippen LogP contribution in [0.1, 0.15) is 90.4 Å². The van der Waals surface area contributed by atoms with E-state index in [1.54, 1.807) is 0 Å². The second kappa shape index (κ2) is 9.94. The van der Waals surface area contributed by atoms with Crippen molar-refractivity contribution in [3.8, 4) is 0 Å². The summed E-state index contributed by atoms with van der Waals surface area (Å²) >= 11 is 0. The topological polar surface area (TPSA) is 58.2 Å². The molecule has 2 aliphatic carbocycles. The molecule has 0 saturated heterocycles. The van der Waals surface area contributed by atoms with E-state index in [-0.39, 0.29) is 17.7 Å². The summed E-state index contributed by atoms with van der Waals surface area (Å²) < 4.78 is 0. The van der Waals surface area contributed by atoms with Gasteiger partial charge in [-0.15, -0.1) is 0 Å². The van der Waals surface area contributed by atoms with Crippen molar-refractivity contribution in [2.45, 2.75) is 102 Å². The molecular formula is C19H34N2O2. The van der Waals surface area contributed by atoms with Crippen LogP contribution in [0, 0.1) is 5.92 Å². The molecular weight excluding hydrogens is 288 g/mol. The van der Waals surface area contributed by atoms with Crippen molar-refractivity contribution in [2.75, 3.05) is 0 Å². The Morgan fingerprint density at radius 3 is 1.52 bits per heavy atom. The largest absolute Gasteiger partial charge is 0.353 e. The number of amides is 2. The third kappa shape index (κ3) is 6.92. The van der Waals surface area contributed by atoms with Crippen molar-refractivity contribution in [1.82, 2.24) is 10.6 Å². The van der Waals surface area contributed by atoms with E-state index in [0.717, 1.165) is 32.1 Å². The summed E-state index contributed by atoms with van der Waals surface area (Å²) in [5.41, 5.74) is 0. The smallest absolute Gasteiger partial charge is 0.220 e. The van der Waals surface area contributed by atoms with Gasteiger partial charge in [0.05, 0.1) is 0 Å². The molecule has 0 aromatic heterocycles. The molecule has 0 heterocycles. The summed E-state index contributed by atoms with van der Waals surface area (Å²) in [4.78, 5) is 24.4. The van der Waals surface area contributed by atoms with Gasteiger partial charge >= 0.3 is 0 Å². The molecule has 4 nitrogen and oxygen atoms in total. The van der Waals surface area contributed by atoms with Gasteiger partial charge in [-0.25, -0.2) is 0 Å². The zero-order valence-corrected chi connectivity index (χ0v) is 14.7. The van der Waals surface area contributed by atoms with Crippen LogP contribution in [-0.4, -0.2) is 23.9 Å². The number of nitrogens with one attached hydrogen (secondary N) is 2. The molecule has 2 aliphatic rings. The molecule has 2 amide bonds. The molecule has 2 rings (SSSR count). The normalized spacial score (nSPS) is 20.4. The molecule has 0 aliphatic heterocycles. The molecule has 2 N–H and O–H groups in total. The third-order valence-electron chi connectivity index (χ3n) is 5.47. The monoisotopic (exact) mass is 322 g/mol. The van der Waals surface area contributed by atoms with Crippen LogP contribution < -0.4 is 10.6 Å². The van der Waals surface area contributed by atoms with E-state index >= 15 is 0 Å². The highest BCUT2D eigenvalue weighted by Gasteiger charge is 2.21. The Bertz CT molecular complexity index is 338. The van der Waals surface area contributed by atoms with Crippen LogP contribution in [0.25, 0.3) is 0 Å². The summed E-state index contributed by atoms with van der Waals surface area (Å²) in [5, 5.41) is 6.34. The first-order chi connectivity index (χ1) is 11.2. The lowest BCUT2D eigenvalue weighted by Gasteiger charge is -2.25. The van der Waals surface area contributed by atoms with Gasteiger partial charge < -0.3 is 10.6 Å². The Morgan fingerprint density at radius 1 is 0.783 bits per heavy atom. The maximum Gasteiger partial charge on any atom is 0.220 e. The van der Waals surface area contributed by atoms with E-state index in [1.807, 2.05) is 0 Å². The van der Waals surface area contributed by atoms with Crippen LogP contribution >= 0.6 is 0 Å². The predicted molar refractivity (Wildman–Crippen MR) is 93.0 cm³/mol. The lowest BCUT2D eigenvalue weighted by molar-refractivity contribution is -0.125. The molecule has 0 unspecified atom stereocenters. The molecule has 0 radical (unpaired) electrons. The Balaban J connectivity index is 1.68. The average molecular weight is 322 g/mol. The zero-order valence-electron chi connectivity index (χ0n) is 14.7. The first kappa shape index (κ1) is 18.3. The van der Waals surface area contributed by atoms with Crippen LogP contribution in [0.2, 0.25) is 0 Å². The van der Waals surface area contributed by atoms with Crippen molar-refractivity contribution in [3.05, 3.63) is 0 Å². The first-order valence-corrected chi connectivity index (χ1v) is 9.76. The minimum atomic E-state index is 0.134. The zero-order chi connectivity index (χ0) is 16.5. The SMILES string of the molecule is CCC(CC(=O)NC1CCCCC1)CC(=O)NC1CCCCC1. The van der Waals surface area contributed by atoms with E-state index in [2.05, 4.69) is 17.6 Å². The number of hydrogen-bond acceptors (Lipinski definition) is 2. The number of hydrogen-bond donors (Lipinski definition) is 2. The molecule has 2 saturated carbocycles. The molecule has 0 atom stereocenters. The fraction of sp³-hybridized carbons (Fsp3) is 0.895. The predicted octanol–water partition coefficient (Wildman–Crippen LogP) is 3.69. The second-order valence-corrected chi connectivity index (χ2v) is 7.49. The van der Waals surface area contributed by atoms with E-state index in [4.69, 9.17) is 0 Å². The van der Waals surface area contributed by atoms with E-state index in [0.29, 0.717) is 24.9 Å². The first-order valence-electron chi connectivity index (χ1n) is 9.76. The molecule has 2 fully saturated rings. The minimum absolute atomic E-state index is 0.134. The minimum Gasteiger partial charge on any atom is -0.353 e. The van der Waals surface area contributed by atoms with Crippen molar-refractivity contribution < 1.29 is 9.59 Å².